The van der Waals surface area contributed by atoms with Crippen LogP contribution < -0.4 is 10.1 Å². The van der Waals surface area contributed by atoms with E-state index >= 15 is 0 Å². The zero-order valence-electron chi connectivity index (χ0n) is 17.5. The number of fused-ring (bicyclic) bond motifs is 1. The summed E-state index contributed by atoms with van der Waals surface area (Å²) in [5, 5.41) is 7.24. The number of hydrogen-bond acceptors (Lipinski definition) is 5. The molecule has 158 valence electrons. The molecule has 3 heterocycles. The molecular formula is C24H20N6O2. The quantitative estimate of drug-likeness (QED) is 0.426. The number of carbonyl (C=O) groups excluding carboxylic acids is 1. The molecule has 2 aromatic carbocycles. The number of imidazole rings is 1. The highest BCUT2D eigenvalue weighted by Crippen LogP contribution is 2.30. The van der Waals surface area contributed by atoms with Gasteiger partial charge in [0.05, 0.1) is 11.3 Å². The van der Waals surface area contributed by atoms with E-state index in [1.54, 1.807) is 41.2 Å². The molecule has 0 atom stereocenters. The van der Waals surface area contributed by atoms with Crippen LogP contribution in [-0.2, 0) is 7.05 Å². The molecule has 3 aromatic heterocycles. The van der Waals surface area contributed by atoms with Crippen molar-refractivity contribution < 1.29 is 9.53 Å². The van der Waals surface area contributed by atoms with E-state index in [-0.39, 0.29) is 5.91 Å². The third-order valence-electron chi connectivity index (χ3n) is 5.00. The number of aromatic amines is 1. The minimum Gasteiger partial charge on any atom is -0.455 e. The van der Waals surface area contributed by atoms with Gasteiger partial charge in [0.25, 0.3) is 5.91 Å². The van der Waals surface area contributed by atoms with Gasteiger partial charge in [-0.25, -0.2) is 9.97 Å². The molecule has 0 aliphatic heterocycles. The molecule has 0 fully saturated rings. The Morgan fingerprint density at radius 1 is 1.06 bits per heavy atom. The lowest BCUT2D eigenvalue weighted by Crippen LogP contribution is -2.11. The van der Waals surface area contributed by atoms with Crippen LogP contribution >= 0.6 is 0 Å². The maximum absolute atomic E-state index is 12.4. The average Bonchev–Trinajstić information content (AvgIpc) is 3.38. The summed E-state index contributed by atoms with van der Waals surface area (Å²) in [5.74, 6) is 1.69. The van der Waals surface area contributed by atoms with Gasteiger partial charge in [-0.2, -0.15) is 5.10 Å². The first-order valence-electron chi connectivity index (χ1n) is 10.1. The van der Waals surface area contributed by atoms with Crippen molar-refractivity contribution in [3.63, 3.8) is 0 Å². The van der Waals surface area contributed by atoms with Crippen LogP contribution in [-0.4, -0.2) is 30.6 Å². The largest absolute Gasteiger partial charge is 0.455 e. The highest BCUT2D eigenvalue weighted by Gasteiger charge is 2.15. The van der Waals surface area contributed by atoms with Gasteiger partial charge in [-0.05, 0) is 43.3 Å². The van der Waals surface area contributed by atoms with E-state index in [0.717, 1.165) is 16.9 Å². The first-order valence-corrected chi connectivity index (χ1v) is 10.1. The fraction of sp³-hybridized carbons (Fsp3) is 0.0833. The number of benzene rings is 2. The Bertz CT molecular complexity index is 1400. The minimum atomic E-state index is -0.181. The van der Waals surface area contributed by atoms with Crippen molar-refractivity contribution in [2.75, 3.05) is 5.32 Å². The first-order chi connectivity index (χ1) is 15.6. The van der Waals surface area contributed by atoms with E-state index in [2.05, 4.69) is 25.4 Å². The van der Waals surface area contributed by atoms with Crippen molar-refractivity contribution in [2.24, 2.45) is 7.05 Å². The molecule has 0 radical (unpaired) electrons. The Hall–Kier alpha value is -4.46. The molecule has 2 N–H and O–H groups in total. The van der Waals surface area contributed by atoms with Crippen LogP contribution in [0.4, 0.5) is 5.69 Å². The number of nitrogens with zero attached hydrogens (tertiary/aromatic N) is 4. The molecule has 0 unspecified atom stereocenters. The lowest BCUT2D eigenvalue weighted by atomic mass is 10.2. The van der Waals surface area contributed by atoms with Gasteiger partial charge in [0.15, 0.2) is 11.4 Å². The summed E-state index contributed by atoms with van der Waals surface area (Å²) in [6.45, 7) is 1.93. The van der Waals surface area contributed by atoms with E-state index in [0.29, 0.717) is 34.1 Å². The number of anilines is 1. The summed E-state index contributed by atoms with van der Waals surface area (Å²) in [6.07, 6.45) is 3.56. The van der Waals surface area contributed by atoms with Crippen molar-refractivity contribution in [3.05, 3.63) is 84.3 Å². The van der Waals surface area contributed by atoms with E-state index in [9.17, 15) is 4.79 Å². The maximum Gasteiger partial charge on any atom is 0.255 e. The number of pyridine rings is 1. The van der Waals surface area contributed by atoms with E-state index in [4.69, 9.17) is 4.74 Å². The molecule has 0 aliphatic carbocycles. The maximum atomic E-state index is 12.4. The molecule has 1 amide bonds. The van der Waals surface area contributed by atoms with Gasteiger partial charge in [-0.3, -0.25) is 9.48 Å². The molecule has 5 aromatic rings. The molecule has 0 aliphatic rings. The van der Waals surface area contributed by atoms with E-state index < -0.39 is 0 Å². The predicted octanol–water partition coefficient (Wildman–Crippen LogP) is 4.71. The van der Waals surface area contributed by atoms with Crippen molar-refractivity contribution in [3.8, 4) is 22.9 Å². The number of carbonyl (C=O) groups is 1. The van der Waals surface area contributed by atoms with Crippen molar-refractivity contribution in [1.29, 1.82) is 0 Å². The molecule has 0 saturated carbocycles. The van der Waals surface area contributed by atoms with Gasteiger partial charge in [-0.1, -0.05) is 18.2 Å². The predicted molar refractivity (Wildman–Crippen MR) is 122 cm³/mol. The number of hydrogen-bond donors (Lipinski definition) is 2. The molecule has 8 heteroatoms. The van der Waals surface area contributed by atoms with Crippen LogP contribution in [0.2, 0.25) is 0 Å². The SMILES string of the molecule is Cc1nn(C)cc1-c1nc2nccc(Oc3ccc(C(=O)Nc4ccccc4)cc3)c2[nH]1. The Labute approximate surface area is 183 Å². The highest BCUT2D eigenvalue weighted by atomic mass is 16.5. The highest BCUT2D eigenvalue weighted by molar-refractivity contribution is 6.04. The number of amides is 1. The second-order valence-electron chi connectivity index (χ2n) is 7.34. The van der Waals surface area contributed by atoms with Crippen LogP contribution in [0.3, 0.4) is 0 Å². The number of nitrogens with one attached hydrogen (secondary N) is 2. The smallest absolute Gasteiger partial charge is 0.255 e. The summed E-state index contributed by atoms with van der Waals surface area (Å²) in [4.78, 5) is 24.7. The third kappa shape index (κ3) is 3.81. The molecule has 8 nitrogen and oxygen atoms in total. The zero-order valence-corrected chi connectivity index (χ0v) is 17.5. The summed E-state index contributed by atoms with van der Waals surface area (Å²) in [5.41, 5.74) is 4.31. The van der Waals surface area contributed by atoms with Gasteiger partial charge in [0.2, 0.25) is 0 Å². The number of H-pyrrole nitrogens is 1. The number of aryl methyl sites for hydroxylation is 2. The third-order valence-corrected chi connectivity index (χ3v) is 5.00. The van der Waals surface area contributed by atoms with Gasteiger partial charge < -0.3 is 15.0 Å². The molecule has 5 rings (SSSR count). The molecule has 32 heavy (non-hydrogen) atoms. The molecule has 0 spiro atoms. The molecule has 0 bridgehead atoms. The number of para-hydroxylation sites is 1. The summed E-state index contributed by atoms with van der Waals surface area (Å²) < 4.78 is 7.81. The van der Waals surface area contributed by atoms with Gasteiger partial charge in [-0.15, -0.1) is 0 Å². The second-order valence-corrected chi connectivity index (χ2v) is 7.34. The fourth-order valence-corrected chi connectivity index (χ4v) is 3.46. The van der Waals surface area contributed by atoms with Crippen molar-refractivity contribution in [2.45, 2.75) is 6.92 Å². The summed E-state index contributed by atoms with van der Waals surface area (Å²) in [6, 6.07) is 18.1. The summed E-state index contributed by atoms with van der Waals surface area (Å²) in [7, 11) is 1.87. The van der Waals surface area contributed by atoms with Crippen molar-refractivity contribution in [1.82, 2.24) is 24.7 Å². The Morgan fingerprint density at radius 2 is 1.84 bits per heavy atom. The lowest BCUT2D eigenvalue weighted by molar-refractivity contribution is 0.102. The lowest BCUT2D eigenvalue weighted by Gasteiger charge is -2.08. The topological polar surface area (TPSA) is 97.7 Å². The van der Waals surface area contributed by atoms with Crippen LogP contribution in [0.1, 0.15) is 16.1 Å². The fourth-order valence-electron chi connectivity index (χ4n) is 3.46. The van der Waals surface area contributed by atoms with Gasteiger partial charge in [0, 0.05) is 36.8 Å². The van der Waals surface area contributed by atoms with Gasteiger partial charge in [0.1, 0.15) is 17.1 Å². The Balaban J connectivity index is 1.37. The Kier molecular flexibility index (Phi) is 4.87. The van der Waals surface area contributed by atoms with Crippen LogP contribution in [0.5, 0.6) is 11.5 Å². The normalized spacial score (nSPS) is 10.9. The zero-order chi connectivity index (χ0) is 22.1. The molecular weight excluding hydrogens is 404 g/mol. The number of ether oxygens (including phenoxy) is 1. The number of aromatic nitrogens is 5. The Morgan fingerprint density at radius 3 is 2.56 bits per heavy atom. The summed E-state index contributed by atoms with van der Waals surface area (Å²) >= 11 is 0. The minimum absolute atomic E-state index is 0.181. The van der Waals surface area contributed by atoms with Crippen LogP contribution in [0.25, 0.3) is 22.6 Å². The molecule has 0 saturated heterocycles. The van der Waals surface area contributed by atoms with Crippen molar-refractivity contribution >= 4 is 22.8 Å². The van der Waals surface area contributed by atoms with Crippen LogP contribution in [0.15, 0.2) is 73.1 Å². The second kappa shape index (κ2) is 7.99. The van der Waals surface area contributed by atoms with E-state index in [1.165, 1.54) is 0 Å². The monoisotopic (exact) mass is 424 g/mol. The van der Waals surface area contributed by atoms with Gasteiger partial charge >= 0.3 is 0 Å². The standard InChI is InChI=1S/C24H20N6O2/c1-15-19(14-30(2)29-15)22-27-21-20(12-13-25-23(21)28-22)32-18-10-8-16(9-11-18)24(31)26-17-6-4-3-5-7-17/h3-14H,1-2H3,(H,26,31)(H,25,27,28). The number of rotatable bonds is 5. The van der Waals surface area contributed by atoms with Crippen LogP contribution in [0, 0.1) is 6.92 Å². The average molecular weight is 424 g/mol. The van der Waals surface area contributed by atoms with E-state index in [1.807, 2.05) is 50.5 Å². The first kappa shape index (κ1) is 19.5.